The molecule has 1 heterocycles. The summed E-state index contributed by atoms with van der Waals surface area (Å²) in [5, 5.41) is 15.0. The van der Waals surface area contributed by atoms with Gasteiger partial charge in [0.15, 0.2) is 4.34 Å². The van der Waals surface area contributed by atoms with E-state index in [1.54, 1.807) is 7.11 Å². The Morgan fingerprint density at radius 2 is 1.88 bits per heavy atom. The van der Waals surface area contributed by atoms with Gasteiger partial charge in [0.05, 0.1) is 12.8 Å². The number of ether oxygens (including phenoxy) is 1. The second-order valence-corrected chi connectivity index (χ2v) is 7.53. The first-order valence-electron chi connectivity index (χ1n) is 7.96. The molecule has 0 aliphatic carbocycles. The number of hydrogen-bond donors (Lipinski definition) is 2. The highest BCUT2D eigenvalue weighted by Crippen LogP contribution is 2.31. The van der Waals surface area contributed by atoms with Crippen molar-refractivity contribution in [3.8, 4) is 5.75 Å². The summed E-state index contributed by atoms with van der Waals surface area (Å²) in [6.45, 7) is 0. The molecular weight excluding hydrogens is 368 g/mol. The Balaban J connectivity index is 1.47. The van der Waals surface area contributed by atoms with Crippen LogP contribution in [0.4, 0.5) is 16.5 Å². The van der Waals surface area contributed by atoms with Crippen LogP contribution in [-0.2, 0) is 4.79 Å². The summed E-state index contributed by atoms with van der Waals surface area (Å²) in [5.74, 6) is 1.37. The molecule has 0 aliphatic heterocycles. The molecule has 0 unspecified atom stereocenters. The first-order chi connectivity index (χ1) is 12.7. The van der Waals surface area contributed by atoms with Gasteiger partial charge >= 0.3 is 0 Å². The van der Waals surface area contributed by atoms with Crippen molar-refractivity contribution in [1.82, 2.24) is 10.2 Å². The van der Waals surface area contributed by atoms with Crippen LogP contribution in [0.2, 0.25) is 0 Å². The number of rotatable bonds is 8. The van der Waals surface area contributed by atoms with E-state index in [2.05, 4.69) is 20.8 Å². The number of nitrogens with zero attached hydrogens (tertiary/aromatic N) is 2. The van der Waals surface area contributed by atoms with Gasteiger partial charge in [-0.15, -0.1) is 10.2 Å². The maximum atomic E-state index is 11.9. The summed E-state index contributed by atoms with van der Waals surface area (Å²) < 4.78 is 6.12. The Hall–Kier alpha value is -2.58. The molecule has 8 heteroatoms. The number of carbonyl (C=O) groups excluding carboxylic acids is 1. The highest BCUT2D eigenvalue weighted by Gasteiger charge is 2.09. The normalized spacial score (nSPS) is 10.3. The molecule has 0 radical (unpaired) electrons. The van der Waals surface area contributed by atoms with Gasteiger partial charge in [0.25, 0.3) is 0 Å². The predicted molar refractivity (Wildman–Crippen MR) is 107 cm³/mol. The molecule has 0 fully saturated rings. The molecule has 3 aromatic rings. The molecule has 0 aliphatic rings. The molecule has 2 N–H and O–H groups in total. The largest absolute Gasteiger partial charge is 0.495 e. The first kappa shape index (κ1) is 18.2. The van der Waals surface area contributed by atoms with E-state index < -0.39 is 0 Å². The molecule has 3 rings (SSSR count). The van der Waals surface area contributed by atoms with Gasteiger partial charge in [-0.05, 0) is 24.3 Å². The molecule has 6 nitrogen and oxygen atoms in total. The average molecular weight is 387 g/mol. The minimum absolute atomic E-state index is 0.0133. The highest BCUT2D eigenvalue weighted by atomic mass is 32.2. The lowest BCUT2D eigenvalue weighted by atomic mass is 10.3. The summed E-state index contributed by atoms with van der Waals surface area (Å²) in [4.78, 5) is 11.9. The fraction of sp³-hybridized carbons (Fsp3) is 0.167. The lowest BCUT2D eigenvalue weighted by Gasteiger charge is -2.07. The Labute approximate surface area is 160 Å². The second-order valence-electron chi connectivity index (χ2n) is 5.21. The third kappa shape index (κ3) is 5.21. The maximum absolute atomic E-state index is 11.9. The number of thioether (sulfide) groups is 1. The van der Waals surface area contributed by atoms with Crippen LogP contribution in [0, 0.1) is 0 Å². The van der Waals surface area contributed by atoms with Gasteiger partial charge in [-0.25, -0.2) is 0 Å². The van der Waals surface area contributed by atoms with Crippen molar-refractivity contribution >= 4 is 45.5 Å². The minimum Gasteiger partial charge on any atom is -0.495 e. The van der Waals surface area contributed by atoms with Gasteiger partial charge in [0.2, 0.25) is 11.0 Å². The second kappa shape index (κ2) is 9.21. The molecule has 134 valence electrons. The molecule has 1 amide bonds. The number of benzene rings is 2. The zero-order chi connectivity index (χ0) is 18.2. The fourth-order valence-corrected chi connectivity index (χ4v) is 3.93. The van der Waals surface area contributed by atoms with E-state index in [1.807, 2.05) is 54.6 Å². The van der Waals surface area contributed by atoms with Crippen molar-refractivity contribution in [2.24, 2.45) is 0 Å². The van der Waals surface area contributed by atoms with Gasteiger partial charge < -0.3 is 15.4 Å². The number of methoxy groups -OCH3 is 1. The van der Waals surface area contributed by atoms with E-state index >= 15 is 0 Å². The zero-order valence-electron chi connectivity index (χ0n) is 14.1. The fourth-order valence-electron chi connectivity index (χ4n) is 2.16. The van der Waals surface area contributed by atoms with Crippen molar-refractivity contribution in [2.45, 2.75) is 10.8 Å². The molecule has 2 aromatic carbocycles. The third-order valence-corrected chi connectivity index (χ3v) is 5.34. The topological polar surface area (TPSA) is 76.1 Å². The number of para-hydroxylation sites is 3. The van der Waals surface area contributed by atoms with Crippen LogP contribution in [0.25, 0.3) is 0 Å². The lowest BCUT2D eigenvalue weighted by molar-refractivity contribution is -0.115. The number of carbonyl (C=O) groups is 1. The number of nitrogens with one attached hydrogen (secondary N) is 2. The van der Waals surface area contributed by atoms with E-state index in [0.29, 0.717) is 17.3 Å². The third-order valence-electron chi connectivity index (χ3n) is 3.37. The monoisotopic (exact) mass is 386 g/mol. The van der Waals surface area contributed by atoms with Crippen molar-refractivity contribution in [3.63, 3.8) is 0 Å². The summed E-state index contributed by atoms with van der Waals surface area (Å²) in [6.07, 6.45) is 0.411. The number of anilines is 3. The zero-order valence-corrected chi connectivity index (χ0v) is 15.8. The molecule has 0 bridgehead atoms. The van der Waals surface area contributed by atoms with Crippen molar-refractivity contribution < 1.29 is 9.53 Å². The molecule has 0 spiro atoms. The van der Waals surface area contributed by atoms with E-state index in [0.717, 1.165) is 21.5 Å². The van der Waals surface area contributed by atoms with Gasteiger partial charge in [0.1, 0.15) is 5.75 Å². The van der Waals surface area contributed by atoms with Crippen LogP contribution in [-0.4, -0.2) is 29.0 Å². The van der Waals surface area contributed by atoms with Crippen molar-refractivity contribution in [2.75, 3.05) is 23.5 Å². The molecule has 0 atom stereocenters. The maximum Gasteiger partial charge on any atom is 0.225 e. The first-order valence-corrected chi connectivity index (χ1v) is 9.76. The van der Waals surface area contributed by atoms with Crippen molar-refractivity contribution in [1.29, 1.82) is 0 Å². The Morgan fingerprint density at radius 3 is 2.69 bits per heavy atom. The van der Waals surface area contributed by atoms with Crippen LogP contribution in [0.1, 0.15) is 6.42 Å². The number of amides is 1. The van der Waals surface area contributed by atoms with Gasteiger partial charge in [-0.1, -0.05) is 53.4 Å². The van der Waals surface area contributed by atoms with Gasteiger partial charge in [-0.3, -0.25) is 4.79 Å². The Kier molecular flexibility index (Phi) is 6.45. The van der Waals surface area contributed by atoms with E-state index in [1.165, 1.54) is 23.1 Å². The highest BCUT2D eigenvalue weighted by molar-refractivity contribution is 8.01. The van der Waals surface area contributed by atoms with E-state index in [9.17, 15) is 4.79 Å². The molecule has 0 saturated heterocycles. The Morgan fingerprint density at radius 1 is 1.12 bits per heavy atom. The summed E-state index contributed by atoms with van der Waals surface area (Å²) in [6, 6.07) is 17.1. The predicted octanol–water partition coefficient (Wildman–Crippen LogP) is 4.41. The smallest absolute Gasteiger partial charge is 0.225 e. The molecule has 26 heavy (non-hydrogen) atoms. The summed E-state index contributed by atoms with van der Waals surface area (Å²) in [5.41, 5.74) is 1.65. The summed E-state index contributed by atoms with van der Waals surface area (Å²) >= 11 is 2.96. The SMILES string of the molecule is COc1ccccc1Nc1nnc(SCCC(=O)Nc2ccccc2)s1. The number of hydrogen-bond acceptors (Lipinski definition) is 7. The van der Waals surface area contributed by atoms with Crippen LogP contribution < -0.4 is 15.4 Å². The van der Waals surface area contributed by atoms with Gasteiger partial charge in [0, 0.05) is 17.9 Å². The van der Waals surface area contributed by atoms with E-state index in [4.69, 9.17) is 4.74 Å². The van der Waals surface area contributed by atoms with Crippen LogP contribution >= 0.6 is 23.1 Å². The molecule has 0 saturated carbocycles. The number of aromatic nitrogens is 2. The van der Waals surface area contributed by atoms with E-state index in [-0.39, 0.29) is 5.91 Å². The van der Waals surface area contributed by atoms with Crippen LogP contribution in [0.5, 0.6) is 5.75 Å². The quantitative estimate of drug-likeness (QED) is 0.559. The van der Waals surface area contributed by atoms with Crippen LogP contribution in [0.15, 0.2) is 58.9 Å². The minimum atomic E-state index is -0.0133. The van der Waals surface area contributed by atoms with Crippen molar-refractivity contribution in [3.05, 3.63) is 54.6 Å². The average Bonchev–Trinajstić information content (AvgIpc) is 3.10. The van der Waals surface area contributed by atoms with Crippen LogP contribution in [0.3, 0.4) is 0 Å². The summed E-state index contributed by atoms with van der Waals surface area (Å²) in [7, 11) is 1.63. The van der Waals surface area contributed by atoms with Gasteiger partial charge in [-0.2, -0.15) is 0 Å². The lowest BCUT2D eigenvalue weighted by Crippen LogP contribution is -2.11. The standard InChI is InChI=1S/C18H18N4O2S2/c1-24-15-10-6-5-9-14(15)20-17-21-22-18(26-17)25-12-11-16(23)19-13-7-3-2-4-8-13/h2-10H,11-12H2,1H3,(H,19,23)(H,20,21). The molecular formula is C18H18N4O2S2. The Bertz CT molecular complexity index is 855. The molecule has 1 aromatic heterocycles.